The molecule has 2 heteroatoms. The number of hydrogen-bond donors (Lipinski definition) is 0. The average Bonchev–Trinajstić information content (AvgIpc) is 2.10. The minimum Gasteiger partial charge on any atom is -0.300 e. The zero-order chi connectivity index (χ0) is 8.97. The lowest BCUT2D eigenvalue weighted by molar-refractivity contribution is -0.108. The molecule has 0 spiro atoms. The third-order valence-corrected chi connectivity index (χ3v) is 1.69. The van der Waals surface area contributed by atoms with E-state index in [1.165, 1.54) is 0 Å². The van der Waals surface area contributed by atoms with E-state index in [0.717, 1.165) is 11.1 Å². The minimum atomic E-state index is -0.634. The summed E-state index contributed by atoms with van der Waals surface area (Å²) in [5.41, 5.74) is 1.90. The molecule has 0 saturated heterocycles. The van der Waals surface area contributed by atoms with E-state index in [9.17, 15) is 4.79 Å². The molecule has 0 amide bonds. The van der Waals surface area contributed by atoms with Gasteiger partial charge in [-0.3, -0.25) is 4.79 Å². The van der Waals surface area contributed by atoms with Gasteiger partial charge in [0.05, 0.1) is 0 Å². The summed E-state index contributed by atoms with van der Waals surface area (Å²) in [5.74, 6) is 0. The minimum absolute atomic E-state index is 0.634. The van der Waals surface area contributed by atoms with Crippen LogP contribution in [-0.4, -0.2) is 6.29 Å². The summed E-state index contributed by atoms with van der Waals surface area (Å²) in [7, 11) is 0. The van der Waals surface area contributed by atoms with Crippen LogP contribution in [0.5, 0.6) is 0 Å². The predicted octanol–water partition coefficient (Wildman–Crippen LogP) is 2.15. The first-order valence-electron chi connectivity index (χ1n) is 3.66. The van der Waals surface area contributed by atoms with Gasteiger partial charge in [0, 0.05) is 5.56 Å². The summed E-state index contributed by atoms with van der Waals surface area (Å²) in [5, 5.41) is 0. The molecule has 0 bridgehead atoms. The van der Waals surface area contributed by atoms with Gasteiger partial charge in [-0.15, -0.1) is 0 Å². The summed E-state index contributed by atoms with van der Waals surface area (Å²) in [6.07, 6.45) is 0.664. The Morgan fingerprint density at radius 2 is 2.00 bits per heavy atom. The molecule has 1 aromatic rings. The number of aryl methyl sites for hydroxylation is 1. The van der Waals surface area contributed by atoms with Crippen LogP contribution in [0, 0.1) is 13.5 Å². The topological polar surface area (TPSA) is 21.4 Å². The SMILES string of the molecule is [C-]#[N+]C(C=O)c1ccc(C)cc1. The van der Waals surface area contributed by atoms with Gasteiger partial charge >= 0.3 is 6.04 Å². The maximum Gasteiger partial charge on any atom is 0.303 e. The summed E-state index contributed by atoms with van der Waals surface area (Å²) in [6, 6.07) is 6.79. The molecule has 0 aromatic heterocycles. The molecule has 1 aromatic carbocycles. The maximum absolute atomic E-state index is 10.4. The first-order chi connectivity index (χ1) is 5.77. The van der Waals surface area contributed by atoms with Crippen molar-refractivity contribution in [2.24, 2.45) is 0 Å². The first kappa shape index (κ1) is 8.48. The molecule has 0 aliphatic carbocycles. The van der Waals surface area contributed by atoms with Crippen molar-refractivity contribution in [3.63, 3.8) is 0 Å². The van der Waals surface area contributed by atoms with Crippen molar-refractivity contribution in [3.05, 3.63) is 46.8 Å². The molecule has 60 valence electrons. The summed E-state index contributed by atoms with van der Waals surface area (Å²) >= 11 is 0. The van der Waals surface area contributed by atoms with Crippen LogP contribution in [0.2, 0.25) is 0 Å². The normalized spacial score (nSPS) is 11.7. The van der Waals surface area contributed by atoms with Gasteiger partial charge in [0.25, 0.3) is 0 Å². The van der Waals surface area contributed by atoms with E-state index in [1.807, 2.05) is 31.2 Å². The lowest BCUT2D eigenvalue weighted by atomic mass is 10.1. The molecular weight excluding hydrogens is 150 g/mol. The average molecular weight is 159 g/mol. The van der Waals surface area contributed by atoms with Gasteiger partial charge in [0.1, 0.15) is 0 Å². The highest BCUT2D eigenvalue weighted by Crippen LogP contribution is 2.14. The fraction of sp³-hybridized carbons (Fsp3) is 0.200. The van der Waals surface area contributed by atoms with Gasteiger partial charge in [-0.25, -0.2) is 6.57 Å². The molecular formula is C10H9NO. The molecule has 1 unspecified atom stereocenters. The Hall–Kier alpha value is -1.62. The number of nitrogens with zero attached hydrogens (tertiary/aromatic N) is 1. The Bertz CT molecular complexity index is 308. The monoisotopic (exact) mass is 159 g/mol. The first-order valence-corrected chi connectivity index (χ1v) is 3.66. The molecule has 0 radical (unpaired) electrons. The molecule has 0 aliphatic heterocycles. The molecule has 0 N–H and O–H groups in total. The number of hydrogen-bond acceptors (Lipinski definition) is 1. The number of carbonyl (C=O) groups excluding carboxylic acids is 1. The standard InChI is InChI=1S/C10H9NO/c1-8-3-5-9(6-4-8)10(7-12)11-2/h3-7,10H,1H3. The number of aldehydes is 1. The van der Waals surface area contributed by atoms with E-state index >= 15 is 0 Å². The zero-order valence-corrected chi connectivity index (χ0v) is 6.82. The number of benzene rings is 1. The Morgan fingerprint density at radius 1 is 1.42 bits per heavy atom. The third kappa shape index (κ3) is 1.70. The van der Waals surface area contributed by atoms with E-state index in [0.29, 0.717) is 6.29 Å². The largest absolute Gasteiger partial charge is 0.303 e. The molecule has 2 nitrogen and oxygen atoms in total. The van der Waals surface area contributed by atoms with Crippen LogP contribution in [0.4, 0.5) is 0 Å². The smallest absolute Gasteiger partial charge is 0.300 e. The summed E-state index contributed by atoms with van der Waals surface area (Å²) in [4.78, 5) is 13.6. The molecule has 0 aliphatic rings. The Balaban J connectivity index is 2.97. The van der Waals surface area contributed by atoms with E-state index in [2.05, 4.69) is 4.85 Å². The molecule has 0 fully saturated rings. The second kappa shape index (κ2) is 3.68. The van der Waals surface area contributed by atoms with Crippen molar-refractivity contribution in [1.82, 2.24) is 0 Å². The summed E-state index contributed by atoms with van der Waals surface area (Å²) in [6.45, 7) is 8.71. The van der Waals surface area contributed by atoms with Gasteiger partial charge in [-0.05, 0) is 6.92 Å². The van der Waals surface area contributed by atoms with Crippen molar-refractivity contribution < 1.29 is 4.79 Å². The highest BCUT2D eigenvalue weighted by molar-refractivity contribution is 5.63. The van der Waals surface area contributed by atoms with Crippen LogP contribution in [0.15, 0.2) is 24.3 Å². The van der Waals surface area contributed by atoms with Crippen molar-refractivity contribution in [1.29, 1.82) is 0 Å². The van der Waals surface area contributed by atoms with Gasteiger partial charge in [-0.2, -0.15) is 0 Å². The van der Waals surface area contributed by atoms with Crippen molar-refractivity contribution in [2.75, 3.05) is 0 Å². The van der Waals surface area contributed by atoms with E-state index < -0.39 is 6.04 Å². The van der Waals surface area contributed by atoms with Crippen molar-refractivity contribution in [2.45, 2.75) is 13.0 Å². The fourth-order valence-corrected chi connectivity index (χ4v) is 0.947. The van der Waals surface area contributed by atoms with E-state index in [1.54, 1.807) is 0 Å². The molecule has 1 rings (SSSR count). The van der Waals surface area contributed by atoms with Gasteiger partial charge in [-0.1, -0.05) is 29.8 Å². The maximum atomic E-state index is 10.4. The van der Waals surface area contributed by atoms with Crippen LogP contribution >= 0.6 is 0 Å². The predicted molar refractivity (Wildman–Crippen MR) is 46.6 cm³/mol. The van der Waals surface area contributed by atoms with Gasteiger partial charge < -0.3 is 4.85 Å². The van der Waals surface area contributed by atoms with Crippen LogP contribution in [0.25, 0.3) is 4.85 Å². The van der Waals surface area contributed by atoms with Gasteiger partial charge in [0.15, 0.2) is 0 Å². The zero-order valence-electron chi connectivity index (χ0n) is 6.82. The van der Waals surface area contributed by atoms with Crippen LogP contribution in [0.1, 0.15) is 17.2 Å². The Morgan fingerprint density at radius 3 is 2.42 bits per heavy atom. The Kier molecular flexibility index (Phi) is 2.60. The second-order valence-corrected chi connectivity index (χ2v) is 2.62. The third-order valence-electron chi connectivity index (χ3n) is 1.69. The van der Waals surface area contributed by atoms with E-state index in [4.69, 9.17) is 6.57 Å². The quantitative estimate of drug-likeness (QED) is 0.478. The fourth-order valence-electron chi connectivity index (χ4n) is 0.947. The molecule has 1 atom stereocenters. The van der Waals surface area contributed by atoms with Crippen LogP contribution in [-0.2, 0) is 4.79 Å². The summed E-state index contributed by atoms with van der Waals surface area (Å²) < 4.78 is 0. The molecule has 0 heterocycles. The lowest BCUT2D eigenvalue weighted by Crippen LogP contribution is -1.93. The Labute approximate surface area is 71.7 Å². The van der Waals surface area contributed by atoms with Crippen molar-refractivity contribution in [3.8, 4) is 0 Å². The van der Waals surface area contributed by atoms with Crippen molar-refractivity contribution >= 4 is 6.29 Å². The van der Waals surface area contributed by atoms with Crippen LogP contribution in [0.3, 0.4) is 0 Å². The highest BCUT2D eigenvalue weighted by atomic mass is 16.1. The molecule has 12 heavy (non-hydrogen) atoms. The van der Waals surface area contributed by atoms with Crippen LogP contribution < -0.4 is 0 Å². The number of carbonyl (C=O) groups is 1. The molecule has 0 saturated carbocycles. The number of rotatable bonds is 2. The highest BCUT2D eigenvalue weighted by Gasteiger charge is 2.12. The lowest BCUT2D eigenvalue weighted by Gasteiger charge is -1.97. The second-order valence-electron chi connectivity index (χ2n) is 2.62. The van der Waals surface area contributed by atoms with E-state index in [-0.39, 0.29) is 0 Å². The van der Waals surface area contributed by atoms with Gasteiger partial charge in [0.2, 0.25) is 6.29 Å².